The molecule has 0 amide bonds. The van der Waals surface area contributed by atoms with Gasteiger partial charge in [0.25, 0.3) is 5.56 Å². The molecule has 4 rings (SSSR count). The summed E-state index contributed by atoms with van der Waals surface area (Å²) >= 11 is 1.54. The topological polar surface area (TPSA) is 90.1 Å². The number of aryl methyl sites for hydroxylation is 2. The summed E-state index contributed by atoms with van der Waals surface area (Å²) in [6, 6.07) is 6.16. The van der Waals surface area contributed by atoms with Crippen molar-refractivity contribution < 1.29 is 19.4 Å². The van der Waals surface area contributed by atoms with Crippen LogP contribution < -0.4 is 10.3 Å². The molecule has 1 N–H and O–H groups in total. The van der Waals surface area contributed by atoms with Gasteiger partial charge in [0.2, 0.25) is 0 Å². The number of thiazole rings is 1. The van der Waals surface area contributed by atoms with Crippen molar-refractivity contribution in [3.63, 3.8) is 0 Å². The van der Waals surface area contributed by atoms with Gasteiger partial charge in [-0.1, -0.05) is 6.07 Å². The second-order valence-electron chi connectivity index (χ2n) is 6.76. The molecule has 0 aliphatic heterocycles. The quantitative estimate of drug-likeness (QED) is 0.512. The first-order chi connectivity index (χ1) is 14.0. The molecule has 29 heavy (non-hydrogen) atoms. The Morgan fingerprint density at radius 3 is 2.97 bits per heavy atom. The van der Waals surface area contributed by atoms with Gasteiger partial charge in [-0.2, -0.15) is 0 Å². The molecular formula is C21H20N2O5S. The molecule has 150 valence electrons. The van der Waals surface area contributed by atoms with Crippen molar-refractivity contribution in [2.75, 3.05) is 7.11 Å². The van der Waals surface area contributed by atoms with Crippen LogP contribution in [0, 0.1) is 0 Å². The molecule has 2 heterocycles. The number of esters is 1. The van der Waals surface area contributed by atoms with Crippen LogP contribution in [0.2, 0.25) is 0 Å². The molecule has 0 atom stereocenters. The molecule has 0 radical (unpaired) electrons. The largest absolute Gasteiger partial charge is 0.504 e. The highest BCUT2D eigenvalue weighted by molar-refractivity contribution is 7.17. The third-order valence-electron chi connectivity index (χ3n) is 4.79. The van der Waals surface area contributed by atoms with Crippen molar-refractivity contribution in [3.8, 4) is 11.5 Å². The van der Waals surface area contributed by atoms with Crippen molar-refractivity contribution in [1.82, 2.24) is 9.38 Å². The summed E-state index contributed by atoms with van der Waals surface area (Å²) in [6.07, 6.45) is 6.95. The maximum atomic E-state index is 12.5. The summed E-state index contributed by atoms with van der Waals surface area (Å²) in [5.41, 5.74) is 2.05. The highest BCUT2D eigenvalue weighted by Gasteiger charge is 2.18. The molecule has 0 saturated carbocycles. The van der Waals surface area contributed by atoms with Crippen LogP contribution in [0.4, 0.5) is 0 Å². The van der Waals surface area contributed by atoms with Gasteiger partial charge in [0.15, 0.2) is 16.5 Å². The van der Waals surface area contributed by atoms with E-state index < -0.39 is 5.97 Å². The number of carbonyl (C=O) groups is 1. The predicted octanol–water partition coefficient (Wildman–Crippen LogP) is 3.11. The second kappa shape index (κ2) is 8.08. The zero-order valence-corrected chi connectivity index (χ0v) is 16.7. The van der Waals surface area contributed by atoms with Gasteiger partial charge in [-0.25, -0.2) is 9.78 Å². The Bertz CT molecular complexity index is 1160. The normalized spacial score (nSPS) is 13.6. The highest BCUT2D eigenvalue weighted by atomic mass is 32.1. The van der Waals surface area contributed by atoms with E-state index in [1.165, 1.54) is 41.5 Å². The fraction of sp³-hybridized carbons (Fsp3) is 0.286. The molecular weight excluding hydrogens is 392 g/mol. The van der Waals surface area contributed by atoms with E-state index in [0.29, 0.717) is 22.0 Å². The standard InChI is InChI=1S/C21H20N2O5S/c1-27-17-10-13(6-8-16(17)24)7-9-20(26)28-12-14-11-19(25)23-15-4-2-3-5-18(15)29-21(23)22-14/h6-11,24H,2-5,12H2,1H3/b9-7+. The number of nitrogens with zero attached hydrogens (tertiary/aromatic N) is 2. The van der Waals surface area contributed by atoms with Gasteiger partial charge in [-0.3, -0.25) is 9.20 Å². The van der Waals surface area contributed by atoms with Crippen LogP contribution in [-0.4, -0.2) is 27.6 Å². The summed E-state index contributed by atoms with van der Waals surface area (Å²) in [6.45, 7) is -0.0730. The third kappa shape index (κ3) is 4.02. The molecule has 1 aliphatic carbocycles. The lowest BCUT2D eigenvalue weighted by molar-refractivity contribution is -0.139. The van der Waals surface area contributed by atoms with Crippen molar-refractivity contribution >= 4 is 28.3 Å². The second-order valence-corrected chi connectivity index (χ2v) is 7.82. The number of phenolic OH excluding ortho intramolecular Hbond substituents is 1. The van der Waals surface area contributed by atoms with Gasteiger partial charge in [0, 0.05) is 22.7 Å². The number of hydrogen-bond acceptors (Lipinski definition) is 7. The molecule has 0 spiro atoms. The Labute approximate surface area is 170 Å². The number of carbonyl (C=O) groups excluding carboxylic acids is 1. The maximum absolute atomic E-state index is 12.5. The van der Waals surface area contributed by atoms with Crippen LogP contribution in [0.25, 0.3) is 11.0 Å². The average molecular weight is 412 g/mol. The number of aromatic nitrogens is 2. The number of fused-ring (bicyclic) bond motifs is 3. The van der Waals surface area contributed by atoms with Crippen LogP contribution in [0.3, 0.4) is 0 Å². The van der Waals surface area contributed by atoms with Crippen LogP contribution in [-0.2, 0) is 29.0 Å². The Balaban J connectivity index is 1.45. The molecule has 0 fully saturated rings. The molecule has 7 nitrogen and oxygen atoms in total. The lowest BCUT2D eigenvalue weighted by Crippen LogP contribution is -2.18. The molecule has 0 bridgehead atoms. The summed E-state index contributed by atoms with van der Waals surface area (Å²) < 4.78 is 11.9. The molecule has 1 aliphatic rings. The van der Waals surface area contributed by atoms with Crippen LogP contribution in [0.1, 0.15) is 34.7 Å². The SMILES string of the molecule is COc1cc(/C=C/C(=O)OCc2cc(=O)n3c4c(sc3n2)CCCC4)ccc1O. The lowest BCUT2D eigenvalue weighted by Gasteiger charge is -2.10. The predicted molar refractivity (Wildman–Crippen MR) is 109 cm³/mol. The number of methoxy groups -OCH3 is 1. The minimum Gasteiger partial charge on any atom is -0.504 e. The Morgan fingerprint density at radius 2 is 2.14 bits per heavy atom. The smallest absolute Gasteiger partial charge is 0.331 e. The number of ether oxygens (including phenoxy) is 2. The van der Waals surface area contributed by atoms with Crippen molar-refractivity contribution in [2.45, 2.75) is 32.3 Å². The fourth-order valence-electron chi connectivity index (χ4n) is 3.37. The first kappa shape index (κ1) is 19.2. The van der Waals surface area contributed by atoms with Crippen molar-refractivity contribution in [2.24, 2.45) is 0 Å². The molecule has 0 saturated heterocycles. The van der Waals surface area contributed by atoms with E-state index in [9.17, 15) is 14.7 Å². The fourth-order valence-corrected chi connectivity index (χ4v) is 4.60. The molecule has 3 aromatic rings. The van der Waals surface area contributed by atoms with E-state index in [4.69, 9.17) is 9.47 Å². The Hall–Kier alpha value is -3.13. The minimum absolute atomic E-state index is 0.0234. The van der Waals surface area contributed by atoms with E-state index in [-0.39, 0.29) is 17.9 Å². The summed E-state index contributed by atoms with van der Waals surface area (Å²) in [5, 5.41) is 9.60. The maximum Gasteiger partial charge on any atom is 0.331 e. The van der Waals surface area contributed by atoms with Gasteiger partial charge in [-0.15, -0.1) is 11.3 Å². The van der Waals surface area contributed by atoms with Crippen LogP contribution in [0.15, 0.2) is 35.1 Å². The summed E-state index contributed by atoms with van der Waals surface area (Å²) in [4.78, 5) is 30.9. The lowest BCUT2D eigenvalue weighted by atomic mass is 10.0. The van der Waals surface area contributed by atoms with Crippen molar-refractivity contribution in [3.05, 3.63) is 62.5 Å². The van der Waals surface area contributed by atoms with Gasteiger partial charge in [0.1, 0.15) is 6.61 Å². The average Bonchev–Trinajstić information content (AvgIpc) is 3.10. The molecule has 1 aromatic carbocycles. The Morgan fingerprint density at radius 1 is 1.31 bits per heavy atom. The van der Waals surface area contributed by atoms with Crippen LogP contribution in [0.5, 0.6) is 11.5 Å². The van der Waals surface area contributed by atoms with E-state index in [0.717, 1.165) is 31.4 Å². The first-order valence-corrected chi connectivity index (χ1v) is 10.1. The third-order valence-corrected chi connectivity index (χ3v) is 5.94. The van der Waals surface area contributed by atoms with Gasteiger partial charge in [0.05, 0.1) is 12.8 Å². The van der Waals surface area contributed by atoms with E-state index in [1.807, 2.05) is 0 Å². The minimum atomic E-state index is -0.551. The molecule has 2 aromatic heterocycles. The zero-order chi connectivity index (χ0) is 20.4. The Kier molecular flexibility index (Phi) is 5.35. The van der Waals surface area contributed by atoms with Crippen LogP contribution >= 0.6 is 11.3 Å². The van der Waals surface area contributed by atoms with Gasteiger partial charge in [-0.05, 0) is 49.5 Å². The monoisotopic (exact) mass is 412 g/mol. The number of hydrogen-bond donors (Lipinski definition) is 1. The highest BCUT2D eigenvalue weighted by Crippen LogP contribution is 2.28. The molecule has 0 unspecified atom stereocenters. The number of benzene rings is 1. The summed E-state index contributed by atoms with van der Waals surface area (Å²) in [7, 11) is 1.45. The van der Waals surface area contributed by atoms with Gasteiger partial charge < -0.3 is 14.6 Å². The van der Waals surface area contributed by atoms with Crippen molar-refractivity contribution in [1.29, 1.82) is 0 Å². The summed E-state index contributed by atoms with van der Waals surface area (Å²) in [5.74, 6) is -0.211. The number of rotatable bonds is 5. The van der Waals surface area contributed by atoms with E-state index in [1.54, 1.807) is 22.6 Å². The van der Waals surface area contributed by atoms with E-state index in [2.05, 4.69) is 4.98 Å². The van der Waals surface area contributed by atoms with Gasteiger partial charge >= 0.3 is 5.97 Å². The number of phenols is 1. The molecule has 8 heteroatoms. The van der Waals surface area contributed by atoms with E-state index >= 15 is 0 Å². The first-order valence-electron chi connectivity index (χ1n) is 9.30. The number of aromatic hydroxyl groups is 1. The zero-order valence-electron chi connectivity index (χ0n) is 15.9.